The van der Waals surface area contributed by atoms with Gasteiger partial charge in [0.1, 0.15) is 6.54 Å². The minimum Gasteiger partial charge on any atom is -0.368 e. The van der Waals surface area contributed by atoms with Gasteiger partial charge in [-0.3, -0.25) is 4.31 Å². The number of rotatable bonds is 4. The molecule has 2 N–H and O–H groups in total. The predicted molar refractivity (Wildman–Crippen MR) is 79.7 cm³/mol. The summed E-state index contributed by atoms with van der Waals surface area (Å²) in [6, 6.07) is 10.2. The lowest BCUT2D eigenvalue weighted by molar-refractivity contribution is 0.599. The van der Waals surface area contributed by atoms with Crippen molar-refractivity contribution in [3.63, 3.8) is 0 Å². The minimum atomic E-state index is -3.50. The van der Waals surface area contributed by atoms with Gasteiger partial charge in [-0.25, -0.2) is 18.4 Å². The van der Waals surface area contributed by atoms with E-state index in [1.54, 1.807) is 36.5 Å². The first-order valence-electron chi connectivity index (χ1n) is 5.95. The molecule has 21 heavy (non-hydrogen) atoms. The molecule has 0 bridgehead atoms. The van der Waals surface area contributed by atoms with Gasteiger partial charge in [0.15, 0.2) is 0 Å². The van der Waals surface area contributed by atoms with Crippen LogP contribution < -0.4 is 10.0 Å². The van der Waals surface area contributed by atoms with Crippen molar-refractivity contribution in [1.29, 1.82) is 5.26 Å². The van der Waals surface area contributed by atoms with Crippen molar-refractivity contribution in [3.8, 4) is 17.3 Å². The summed E-state index contributed by atoms with van der Waals surface area (Å²) in [7, 11) is -3.50. The lowest BCUT2D eigenvalue weighted by Gasteiger charge is -2.19. The first kappa shape index (κ1) is 14.7. The van der Waals surface area contributed by atoms with E-state index in [2.05, 4.69) is 9.97 Å². The molecule has 0 radical (unpaired) electrons. The summed E-state index contributed by atoms with van der Waals surface area (Å²) in [6.07, 6.45) is 2.60. The van der Waals surface area contributed by atoms with E-state index in [4.69, 9.17) is 11.0 Å². The van der Waals surface area contributed by atoms with Crippen LogP contribution in [0.2, 0.25) is 0 Å². The van der Waals surface area contributed by atoms with Gasteiger partial charge in [0, 0.05) is 11.8 Å². The zero-order valence-electron chi connectivity index (χ0n) is 11.3. The molecule has 1 aromatic heterocycles. The van der Waals surface area contributed by atoms with Crippen LogP contribution in [-0.4, -0.2) is 31.2 Å². The highest BCUT2D eigenvalue weighted by Gasteiger charge is 2.16. The van der Waals surface area contributed by atoms with E-state index in [0.29, 0.717) is 11.4 Å². The fourth-order valence-corrected chi connectivity index (χ4v) is 2.59. The van der Waals surface area contributed by atoms with E-state index in [-0.39, 0.29) is 12.5 Å². The van der Waals surface area contributed by atoms with Crippen molar-refractivity contribution in [2.75, 3.05) is 22.8 Å². The molecule has 1 aromatic carbocycles. The van der Waals surface area contributed by atoms with Crippen LogP contribution in [0.15, 0.2) is 36.5 Å². The third-order valence-corrected chi connectivity index (χ3v) is 3.88. The Balaban J connectivity index is 2.36. The molecule has 108 valence electrons. The van der Waals surface area contributed by atoms with Gasteiger partial charge in [-0.1, -0.05) is 12.1 Å². The molecule has 7 nitrogen and oxygen atoms in total. The fourth-order valence-electron chi connectivity index (χ4n) is 1.80. The van der Waals surface area contributed by atoms with Crippen LogP contribution in [0.3, 0.4) is 0 Å². The molecule has 0 saturated carbocycles. The van der Waals surface area contributed by atoms with Gasteiger partial charge in [-0.15, -0.1) is 0 Å². The van der Waals surface area contributed by atoms with Crippen LogP contribution in [0.25, 0.3) is 11.3 Å². The summed E-state index contributed by atoms with van der Waals surface area (Å²) in [5.41, 5.74) is 7.36. The molecule has 0 atom stereocenters. The summed E-state index contributed by atoms with van der Waals surface area (Å²) < 4.78 is 24.4. The van der Waals surface area contributed by atoms with E-state index in [1.807, 2.05) is 6.07 Å². The standard InChI is InChI=1S/C13H13N5O2S/c1-21(19,20)18(9-7-14)11-4-2-10(3-5-11)12-6-8-16-13(15)17-12/h2-6,8H,9H2,1H3,(H2,15,16,17). The number of anilines is 2. The zero-order chi connectivity index (χ0) is 15.5. The molecule has 8 heteroatoms. The monoisotopic (exact) mass is 303 g/mol. The van der Waals surface area contributed by atoms with Crippen LogP contribution in [0.4, 0.5) is 11.6 Å². The summed E-state index contributed by atoms with van der Waals surface area (Å²) in [6.45, 7) is -0.237. The molecule has 0 saturated heterocycles. The maximum absolute atomic E-state index is 11.7. The molecule has 0 aliphatic rings. The van der Waals surface area contributed by atoms with Crippen molar-refractivity contribution in [2.45, 2.75) is 0 Å². The van der Waals surface area contributed by atoms with Crippen LogP contribution in [0, 0.1) is 11.3 Å². The van der Waals surface area contributed by atoms with Gasteiger partial charge >= 0.3 is 0 Å². The third-order valence-electron chi connectivity index (χ3n) is 2.74. The first-order chi connectivity index (χ1) is 9.91. The summed E-state index contributed by atoms with van der Waals surface area (Å²) in [4.78, 5) is 7.90. The Morgan fingerprint density at radius 1 is 1.29 bits per heavy atom. The van der Waals surface area contributed by atoms with Crippen LogP contribution in [-0.2, 0) is 10.0 Å². The summed E-state index contributed by atoms with van der Waals surface area (Å²) >= 11 is 0. The van der Waals surface area contributed by atoms with E-state index in [1.165, 1.54) is 0 Å². The molecule has 0 unspecified atom stereocenters. The van der Waals surface area contributed by atoms with Crippen molar-refractivity contribution in [3.05, 3.63) is 36.5 Å². The fraction of sp³-hybridized carbons (Fsp3) is 0.154. The molecule has 0 aliphatic heterocycles. The number of nitrogen functional groups attached to an aromatic ring is 1. The smallest absolute Gasteiger partial charge is 0.233 e. The SMILES string of the molecule is CS(=O)(=O)N(CC#N)c1ccc(-c2ccnc(N)n2)cc1. The number of benzene rings is 1. The summed E-state index contributed by atoms with van der Waals surface area (Å²) in [5.74, 6) is 0.166. The maximum Gasteiger partial charge on any atom is 0.233 e. The average molecular weight is 303 g/mol. The molecular formula is C13H13N5O2S. The number of hydrogen-bond acceptors (Lipinski definition) is 6. The largest absolute Gasteiger partial charge is 0.368 e. The van der Waals surface area contributed by atoms with Crippen LogP contribution >= 0.6 is 0 Å². The Hall–Kier alpha value is -2.66. The van der Waals surface area contributed by atoms with Gasteiger partial charge in [-0.05, 0) is 18.2 Å². The molecule has 0 fully saturated rings. The average Bonchev–Trinajstić information content (AvgIpc) is 2.44. The lowest BCUT2D eigenvalue weighted by atomic mass is 10.1. The zero-order valence-corrected chi connectivity index (χ0v) is 12.1. The number of sulfonamides is 1. The third kappa shape index (κ3) is 3.46. The van der Waals surface area contributed by atoms with Gasteiger partial charge in [0.25, 0.3) is 0 Å². The number of nitriles is 1. The number of aromatic nitrogens is 2. The Labute approximate surface area is 122 Å². The normalized spacial score (nSPS) is 10.9. The molecule has 2 aromatic rings. The van der Waals surface area contributed by atoms with Crippen molar-refractivity contribution in [2.24, 2.45) is 0 Å². The second-order valence-electron chi connectivity index (χ2n) is 4.27. The van der Waals surface area contributed by atoms with E-state index < -0.39 is 10.0 Å². The van der Waals surface area contributed by atoms with Gasteiger partial charge in [-0.2, -0.15) is 5.26 Å². The van der Waals surface area contributed by atoms with E-state index in [0.717, 1.165) is 16.1 Å². The molecule has 0 amide bonds. The highest BCUT2D eigenvalue weighted by molar-refractivity contribution is 7.92. The van der Waals surface area contributed by atoms with Gasteiger partial charge < -0.3 is 5.73 Å². The molecular weight excluding hydrogens is 290 g/mol. The van der Waals surface area contributed by atoms with Crippen molar-refractivity contribution < 1.29 is 8.42 Å². The van der Waals surface area contributed by atoms with Gasteiger partial charge in [0.2, 0.25) is 16.0 Å². The highest BCUT2D eigenvalue weighted by Crippen LogP contribution is 2.23. The highest BCUT2D eigenvalue weighted by atomic mass is 32.2. The van der Waals surface area contributed by atoms with Crippen LogP contribution in [0.5, 0.6) is 0 Å². The molecule has 0 aliphatic carbocycles. The second-order valence-corrected chi connectivity index (χ2v) is 6.18. The minimum absolute atomic E-state index is 0.166. The van der Waals surface area contributed by atoms with Crippen molar-refractivity contribution in [1.82, 2.24) is 9.97 Å². The topological polar surface area (TPSA) is 113 Å². The second kappa shape index (κ2) is 5.76. The van der Waals surface area contributed by atoms with Gasteiger partial charge in [0.05, 0.1) is 23.7 Å². The maximum atomic E-state index is 11.7. The number of hydrogen-bond donors (Lipinski definition) is 1. The Morgan fingerprint density at radius 3 is 2.48 bits per heavy atom. The van der Waals surface area contributed by atoms with Crippen LogP contribution in [0.1, 0.15) is 0 Å². The molecule has 0 spiro atoms. The Kier molecular flexibility index (Phi) is 4.05. The first-order valence-corrected chi connectivity index (χ1v) is 7.80. The Morgan fingerprint density at radius 2 is 1.95 bits per heavy atom. The van der Waals surface area contributed by atoms with E-state index in [9.17, 15) is 8.42 Å². The van der Waals surface area contributed by atoms with Crippen molar-refractivity contribution >= 4 is 21.7 Å². The lowest BCUT2D eigenvalue weighted by Crippen LogP contribution is -2.30. The summed E-state index contributed by atoms with van der Waals surface area (Å²) in [5, 5.41) is 8.74. The predicted octanol–water partition coefficient (Wildman–Crippen LogP) is 1.02. The Bertz CT molecular complexity index is 781. The van der Waals surface area contributed by atoms with E-state index >= 15 is 0 Å². The molecule has 1 heterocycles. The number of nitrogens with zero attached hydrogens (tertiary/aromatic N) is 4. The quantitative estimate of drug-likeness (QED) is 0.843. The molecule has 2 rings (SSSR count). The number of nitrogens with two attached hydrogens (primary N) is 1.